The first-order valence-corrected chi connectivity index (χ1v) is 7.85. The smallest absolute Gasteiger partial charge is 0.319 e. The van der Waals surface area contributed by atoms with Crippen molar-refractivity contribution in [3.63, 3.8) is 0 Å². The third kappa shape index (κ3) is 4.32. The molecule has 1 heterocycles. The fourth-order valence-corrected chi connectivity index (χ4v) is 2.76. The van der Waals surface area contributed by atoms with Gasteiger partial charge in [0.05, 0.1) is 11.7 Å². The molecular formula is C18H17F2N3O2. The summed E-state index contributed by atoms with van der Waals surface area (Å²) in [5, 5.41) is 4.88. The Morgan fingerprint density at radius 2 is 1.92 bits per heavy atom. The van der Waals surface area contributed by atoms with E-state index in [1.54, 1.807) is 4.90 Å². The Morgan fingerprint density at radius 1 is 1.16 bits per heavy atom. The van der Waals surface area contributed by atoms with Gasteiger partial charge in [-0.1, -0.05) is 30.3 Å². The van der Waals surface area contributed by atoms with Crippen LogP contribution in [0, 0.1) is 11.6 Å². The zero-order valence-corrected chi connectivity index (χ0v) is 13.3. The molecule has 0 aliphatic carbocycles. The molecule has 0 spiro atoms. The highest BCUT2D eigenvalue weighted by molar-refractivity contribution is 5.90. The van der Waals surface area contributed by atoms with Gasteiger partial charge in [-0.3, -0.25) is 4.79 Å². The summed E-state index contributed by atoms with van der Waals surface area (Å²) < 4.78 is 26.7. The highest BCUT2D eigenvalue weighted by Gasteiger charge is 2.30. The maximum Gasteiger partial charge on any atom is 0.319 e. The number of rotatable bonds is 4. The minimum absolute atomic E-state index is 0.0638. The van der Waals surface area contributed by atoms with Gasteiger partial charge in [0.25, 0.3) is 0 Å². The van der Waals surface area contributed by atoms with Gasteiger partial charge in [-0.25, -0.2) is 13.6 Å². The maximum atomic E-state index is 13.5. The molecule has 2 aromatic rings. The first kappa shape index (κ1) is 16.9. The molecule has 1 atom stereocenters. The minimum atomic E-state index is -0.732. The summed E-state index contributed by atoms with van der Waals surface area (Å²) in [6.07, 6.45) is 0.173. The number of nitrogens with one attached hydrogen (secondary N) is 2. The Morgan fingerprint density at radius 3 is 2.68 bits per heavy atom. The zero-order valence-electron chi connectivity index (χ0n) is 13.3. The van der Waals surface area contributed by atoms with Crippen LogP contribution in [0.1, 0.15) is 12.0 Å². The number of urea groups is 1. The molecule has 0 bridgehead atoms. The van der Waals surface area contributed by atoms with E-state index in [4.69, 9.17) is 0 Å². The molecule has 25 heavy (non-hydrogen) atoms. The van der Waals surface area contributed by atoms with E-state index in [2.05, 4.69) is 10.6 Å². The molecule has 5 nitrogen and oxygen atoms in total. The van der Waals surface area contributed by atoms with Crippen molar-refractivity contribution in [2.24, 2.45) is 0 Å². The van der Waals surface area contributed by atoms with Crippen LogP contribution in [0.5, 0.6) is 0 Å². The first-order valence-electron chi connectivity index (χ1n) is 7.85. The number of nitrogens with zero attached hydrogens (tertiary/aromatic N) is 1. The second-order valence-electron chi connectivity index (χ2n) is 5.88. The molecule has 0 saturated carbocycles. The van der Waals surface area contributed by atoms with Crippen LogP contribution in [-0.2, 0) is 11.3 Å². The third-order valence-corrected chi connectivity index (χ3v) is 3.94. The summed E-state index contributed by atoms with van der Waals surface area (Å²) in [5.74, 6) is -1.45. The lowest BCUT2D eigenvalue weighted by Crippen LogP contribution is -2.39. The highest BCUT2D eigenvalue weighted by atomic mass is 19.1. The number of likely N-dealkylation sites (tertiary alicyclic amines) is 1. The second-order valence-corrected chi connectivity index (χ2v) is 5.88. The van der Waals surface area contributed by atoms with E-state index in [0.717, 1.165) is 23.8 Å². The topological polar surface area (TPSA) is 61.4 Å². The van der Waals surface area contributed by atoms with Crippen LogP contribution in [0.15, 0.2) is 48.5 Å². The van der Waals surface area contributed by atoms with Gasteiger partial charge in [-0.2, -0.15) is 0 Å². The Kier molecular flexibility index (Phi) is 4.92. The summed E-state index contributed by atoms with van der Waals surface area (Å²) >= 11 is 0. The van der Waals surface area contributed by atoms with Crippen molar-refractivity contribution < 1.29 is 18.4 Å². The highest BCUT2D eigenvalue weighted by Crippen LogP contribution is 2.17. The normalized spacial score (nSPS) is 16.8. The van der Waals surface area contributed by atoms with E-state index in [1.807, 2.05) is 30.3 Å². The second kappa shape index (κ2) is 7.29. The van der Waals surface area contributed by atoms with Gasteiger partial charge in [-0.15, -0.1) is 0 Å². The van der Waals surface area contributed by atoms with Crippen LogP contribution in [0.4, 0.5) is 19.3 Å². The van der Waals surface area contributed by atoms with E-state index in [1.165, 1.54) is 0 Å². The van der Waals surface area contributed by atoms with Crippen molar-refractivity contribution in [1.29, 1.82) is 0 Å². The van der Waals surface area contributed by atoms with E-state index < -0.39 is 17.7 Å². The van der Waals surface area contributed by atoms with E-state index >= 15 is 0 Å². The molecule has 1 saturated heterocycles. The molecule has 3 amide bonds. The lowest BCUT2D eigenvalue weighted by atomic mass is 10.2. The van der Waals surface area contributed by atoms with Gasteiger partial charge in [0.2, 0.25) is 5.91 Å². The predicted molar refractivity (Wildman–Crippen MR) is 88.8 cm³/mol. The quantitative estimate of drug-likeness (QED) is 0.895. The van der Waals surface area contributed by atoms with Crippen molar-refractivity contribution >= 4 is 17.6 Å². The first-order chi connectivity index (χ1) is 12.0. The lowest BCUT2D eigenvalue weighted by Gasteiger charge is -2.17. The van der Waals surface area contributed by atoms with Gasteiger partial charge in [0.15, 0.2) is 0 Å². The number of anilines is 1. The van der Waals surface area contributed by atoms with Gasteiger partial charge >= 0.3 is 6.03 Å². The lowest BCUT2D eigenvalue weighted by molar-refractivity contribution is -0.128. The van der Waals surface area contributed by atoms with E-state index in [0.29, 0.717) is 13.1 Å². The van der Waals surface area contributed by atoms with Crippen molar-refractivity contribution in [2.75, 3.05) is 11.9 Å². The van der Waals surface area contributed by atoms with Crippen LogP contribution < -0.4 is 10.6 Å². The van der Waals surface area contributed by atoms with Gasteiger partial charge in [0.1, 0.15) is 11.6 Å². The molecule has 1 aliphatic rings. The Balaban J connectivity index is 1.56. The van der Waals surface area contributed by atoms with Gasteiger partial charge in [-0.05, 0) is 17.7 Å². The molecule has 2 aromatic carbocycles. The molecular weight excluding hydrogens is 328 g/mol. The summed E-state index contributed by atoms with van der Waals surface area (Å²) in [6, 6.07) is 11.3. The number of hydrogen-bond acceptors (Lipinski definition) is 2. The molecule has 0 radical (unpaired) electrons. The van der Waals surface area contributed by atoms with Crippen LogP contribution in [0.3, 0.4) is 0 Å². The maximum absolute atomic E-state index is 13.5. The van der Waals surface area contributed by atoms with Crippen molar-refractivity contribution in [1.82, 2.24) is 10.2 Å². The van der Waals surface area contributed by atoms with Crippen molar-refractivity contribution in [3.05, 3.63) is 65.7 Å². The standard InChI is InChI=1S/C18H17F2N3O2/c19-13-6-7-15(20)16(8-13)22-18(25)21-14-9-17(24)23(11-14)10-12-4-2-1-3-5-12/h1-8,14H,9-11H2,(H2,21,22,25). The van der Waals surface area contributed by atoms with Crippen LogP contribution in [0.25, 0.3) is 0 Å². The van der Waals surface area contributed by atoms with Crippen molar-refractivity contribution in [3.8, 4) is 0 Å². The van der Waals surface area contributed by atoms with Crippen LogP contribution in [-0.4, -0.2) is 29.4 Å². The number of carbonyl (C=O) groups excluding carboxylic acids is 2. The van der Waals surface area contributed by atoms with E-state index in [9.17, 15) is 18.4 Å². The third-order valence-electron chi connectivity index (χ3n) is 3.94. The van der Waals surface area contributed by atoms with Gasteiger partial charge < -0.3 is 15.5 Å². The van der Waals surface area contributed by atoms with Crippen LogP contribution in [0.2, 0.25) is 0 Å². The average molecular weight is 345 g/mol. The molecule has 1 aliphatic heterocycles. The molecule has 130 valence electrons. The predicted octanol–water partition coefficient (Wildman–Crippen LogP) is 2.89. The molecule has 3 rings (SSSR count). The number of halogens is 2. The summed E-state index contributed by atoms with van der Waals surface area (Å²) in [6.45, 7) is 0.838. The molecule has 1 unspecified atom stereocenters. The number of benzene rings is 2. The largest absolute Gasteiger partial charge is 0.336 e. The minimum Gasteiger partial charge on any atom is -0.336 e. The monoisotopic (exact) mass is 345 g/mol. The Labute approximate surface area is 143 Å². The number of hydrogen-bond donors (Lipinski definition) is 2. The summed E-state index contributed by atoms with van der Waals surface area (Å²) in [5.41, 5.74) is 0.755. The fourth-order valence-electron chi connectivity index (χ4n) is 2.76. The van der Waals surface area contributed by atoms with E-state index in [-0.39, 0.29) is 24.1 Å². The molecule has 1 fully saturated rings. The van der Waals surface area contributed by atoms with Crippen LogP contribution >= 0.6 is 0 Å². The molecule has 2 N–H and O–H groups in total. The number of carbonyl (C=O) groups is 2. The fraction of sp³-hybridized carbons (Fsp3) is 0.222. The van der Waals surface area contributed by atoms with Gasteiger partial charge in [0, 0.05) is 25.6 Å². The Hall–Kier alpha value is -2.96. The zero-order chi connectivity index (χ0) is 17.8. The molecule has 0 aromatic heterocycles. The average Bonchev–Trinajstić information content (AvgIpc) is 2.91. The molecule has 7 heteroatoms. The summed E-state index contributed by atoms with van der Waals surface area (Å²) in [7, 11) is 0. The SMILES string of the molecule is O=C(Nc1cc(F)ccc1F)NC1CC(=O)N(Cc2ccccc2)C1. The Bertz CT molecular complexity index is 783. The number of amides is 3. The summed E-state index contributed by atoms with van der Waals surface area (Å²) in [4.78, 5) is 25.7. The van der Waals surface area contributed by atoms with Crippen molar-refractivity contribution in [2.45, 2.75) is 19.0 Å².